The van der Waals surface area contributed by atoms with Gasteiger partial charge in [0.25, 0.3) is 0 Å². The highest BCUT2D eigenvalue weighted by Crippen LogP contribution is 2.40. The average molecular weight is 301 g/mol. The summed E-state index contributed by atoms with van der Waals surface area (Å²) in [6.07, 6.45) is 5.45. The molecule has 2 aliphatic heterocycles. The summed E-state index contributed by atoms with van der Waals surface area (Å²) in [5, 5.41) is 0. The molecular weight excluding hydrogens is 278 g/mol. The summed E-state index contributed by atoms with van der Waals surface area (Å²) in [4.78, 5) is 14.9. The number of fused-ring (bicyclic) bond motifs is 2. The van der Waals surface area contributed by atoms with Crippen LogP contribution >= 0.6 is 0 Å². The van der Waals surface area contributed by atoms with Crippen LogP contribution in [0.1, 0.15) is 49.8 Å². The Hall–Kier alpha value is -1.71. The number of hydrogen-bond donors (Lipinski definition) is 0. The Morgan fingerprint density at radius 1 is 1.14 bits per heavy atom. The lowest BCUT2D eigenvalue weighted by Gasteiger charge is -2.37. The van der Waals surface area contributed by atoms with E-state index < -0.39 is 0 Å². The predicted octanol–water partition coefficient (Wildman–Crippen LogP) is 3.09. The lowest BCUT2D eigenvalue weighted by Crippen LogP contribution is -2.41. The Bertz CT molecular complexity index is 592. The largest absolute Gasteiger partial charge is 0.486 e. The third-order valence-corrected chi connectivity index (χ3v) is 5.33. The summed E-state index contributed by atoms with van der Waals surface area (Å²) in [7, 11) is 0. The average Bonchev–Trinajstić information content (AvgIpc) is 3.08. The van der Waals surface area contributed by atoms with E-state index in [9.17, 15) is 4.79 Å². The van der Waals surface area contributed by atoms with Gasteiger partial charge in [0.15, 0.2) is 11.5 Å². The molecule has 0 N–H and O–H groups in total. The van der Waals surface area contributed by atoms with E-state index in [1.165, 1.54) is 24.0 Å². The molecule has 3 aliphatic rings. The number of hydrogen-bond acceptors (Lipinski definition) is 3. The van der Waals surface area contributed by atoms with Crippen LogP contribution in [-0.2, 0) is 11.2 Å². The molecule has 22 heavy (non-hydrogen) atoms. The van der Waals surface area contributed by atoms with Crippen LogP contribution in [0, 0.1) is 5.92 Å². The maximum absolute atomic E-state index is 12.8. The van der Waals surface area contributed by atoms with Gasteiger partial charge < -0.3 is 14.4 Å². The quantitative estimate of drug-likeness (QED) is 0.800. The lowest BCUT2D eigenvalue weighted by molar-refractivity contribution is -0.138. The predicted molar refractivity (Wildman–Crippen MR) is 83.2 cm³/mol. The van der Waals surface area contributed by atoms with Crippen LogP contribution in [0.4, 0.5) is 0 Å². The van der Waals surface area contributed by atoms with E-state index in [1.54, 1.807) is 0 Å². The maximum atomic E-state index is 12.8. The summed E-state index contributed by atoms with van der Waals surface area (Å²) in [6.45, 7) is 4.18. The molecule has 0 radical (unpaired) electrons. The van der Waals surface area contributed by atoms with E-state index in [0.717, 1.165) is 37.3 Å². The topological polar surface area (TPSA) is 38.8 Å². The molecule has 1 atom stereocenters. The van der Waals surface area contributed by atoms with E-state index in [-0.39, 0.29) is 12.0 Å². The number of benzene rings is 1. The molecule has 4 heteroatoms. The van der Waals surface area contributed by atoms with Crippen LogP contribution in [0.15, 0.2) is 12.1 Å². The molecule has 0 spiro atoms. The molecule has 1 saturated carbocycles. The standard InChI is InChI=1S/C18H23NO3/c1-12-15-11-17-16(21-8-9-22-17)10-14(15)6-7-19(12)18(20)13-4-2-3-5-13/h10-13H,2-9H2,1H3. The van der Waals surface area contributed by atoms with E-state index in [2.05, 4.69) is 24.0 Å². The first-order valence-electron chi connectivity index (χ1n) is 8.47. The number of carbonyl (C=O) groups excluding carboxylic acids is 1. The molecule has 4 nitrogen and oxygen atoms in total. The van der Waals surface area contributed by atoms with E-state index in [1.807, 2.05) is 0 Å². The summed E-state index contributed by atoms with van der Waals surface area (Å²) in [5.41, 5.74) is 2.52. The van der Waals surface area contributed by atoms with Gasteiger partial charge in [0.05, 0.1) is 6.04 Å². The number of carbonyl (C=O) groups is 1. The second kappa shape index (κ2) is 5.49. The minimum absolute atomic E-state index is 0.132. The lowest BCUT2D eigenvalue weighted by atomic mass is 9.91. The Kier molecular flexibility index (Phi) is 3.47. The summed E-state index contributed by atoms with van der Waals surface area (Å²) < 4.78 is 11.4. The van der Waals surface area contributed by atoms with Crippen molar-refractivity contribution in [1.82, 2.24) is 4.90 Å². The third-order valence-electron chi connectivity index (χ3n) is 5.33. The van der Waals surface area contributed by atoms with Gasteiger partial charge in [-0.2, -0.15) is 0 Å². The highest BCUT2D eigenvalue weighted by atomic mass is 16.6. The van der Waals surface area contributed by atoms with Crippen molar-refractivity contribution in [1.29, 1.82) is 0 Å². The number of ether oxygens (including phenoxy) is 2. The molecule has 1 aliphatic carbocycles. The molecule has 0 bridgehead atoms. The van der Waals surface area contributed by atoms with Gasteiger partial charge in [-0.15, -0.1) is 0 Å². The van der Waals surface area contributed by atoms with Gasteiger partial charge in [-0.05, 0) is 49.4 Å². The van der Waals surface area contributed by atoms with Gasteiger partial charge in [-0.25, -0.2) is 0 Å². The molecule has 1 unspecified atom stereocenters. The zero-order valence-corrected chi connectivity index (χ0v) is 13.1. The molecule has 1 aromatic carbocycles. The van der Waals surface area contributed by atoms with Crippen molar-refractivity contribution in [3.8, 4) is 11.5 Å². The number of nitrogens with zero attached hydrogens (tertiary/aromatic N) is 1. The van der Waals surface area contributed by atoms with Crippen molar-refractivity contribution >= 4 is 5.91 Å². The number of amides is 1. The Labute approximate surface area is 131 Å². The third kappa shape index (κ3) is 2.25. The van der Waals surface area contributed by atoms with Crippen molar-refractivity contribution in [3.05, 3.63) is 23.3 Å². The van der Waals surface area contributed by atoms with Crippen LogP contribution < -0.4 is 9.47 Å². The SMILES string of the molecule is CC1c2cc3c(cc2CCN1C(=O)C1CCCC1)OCCO3. The van der Waals surface area contributed by atoms with Gasteiger partial charge in [-0.3, -0.25) is 4.79 Å². The van der Waals surface area contributed by atoms with Crippen molar-refractivity contribution in [3.63, 3.8) is 0 Å². The Morgan fingerprint density at radius 3 is 2.55 bits per heavy atom. The van der Waals surface area contributed by atoms with Gasteiger partial charge in [0.2, 0.25) is 5.91 Å². The minimum Gasteiger partial charge on any atom is -0.486 e. The van der Waals surface area contributed by atoms with Crippen molar-refractivity contribution in [2.24, 2.45) is 5.92 Å². The maximum Gasteiger partial charge on any atom is 0.226 e. The highest BCUT2D eigenvalue weighted by molar-refractivity contribution is 5.80. The fourth-order valence-corrected chi connectivity index (χ4v) is 4.06. The molecule has 1 amide bonds. The highest BCUT2D eigenvalue weighted by Gasteiger charge is 2.34. The van der Waals surface area contributed by atoms with Crippen LogP contribution in [-0.4, -0.2) is 30.6 Å². The fraction of sp³-hybridized carbons (Fsp3) is 0.611. The molecule has 0 saturated heterocycles. The fourth-order valence-electron chi connectivity index (χ4n) is 4.06. The minimum atomic E-state index is 0.132. The normalized spacial score (nSPS) is 24.2. The van der Waals surface area contributed by atoms with Crippen LogP contribution in [0.2, 0.25) is 0 Å². The molecule has 0 aromatic heterocycles. The van der Waals surface area contributed by atoms with Gasteiger partial charge in [-0.1, -0.05) is 12.8 Å². The van der Waals surface area contributed by atoms with Crippen molar-refractivity contribution < 1.29 is 14.3 Å². The molecule has 4 rings (SSSR count). The molecule has 2 heterocycles. The summed E-state index contributed by atoms with van der Waals surface area (Å²) in [6, 6.07) is 4.33. The Balaban J connectivity index is 1.61. The zero-order chi connectivity index (χ0) is 15.1. The second-order valence-corrected chi connectivity index (χ2v) is 6.63. The van der Waals surface area contributed by atoms with Crippen LogP contribution in [0.5, 0.6) is 11.5 Å². The van der Waals surface area contributed by atoms with Gasteiger partial charge in [0.1, 0.15) is 13.2 Å². The first-order valence-corrected chi connectivity index (χ1v) is 8.47. The van der Waals surface area contributed by atoms with Crippen molar-refractivity contribution in [2.75, 3.05) is 19.8 Å². The molecule has 1 aromatic rings. The molecule has 118 valence electrons. The zero-order valence-electron chi connectivity index (χ0n) is 13.1. The second-order valence-electron chi connectivity index (χ2n) is 6.63. The van der Waals surface area contributed by atoms with Crippen molar-refractivity contribution in [2.45, 2.75) is 45.1 Å². The van der Waals surface area contributed by atoms with E-state index in [0.29, 0.717) is 19.1 Å². The summed E-state index contributed by atoms with van der Waals surface area (Å²) in [5.74, 6) is 2.28. The molecular formula is C18H23NO3. The number of rotatable bonds is 1. The van der Waals surface area contributed by atoms with Crippen LogP contribution in [0.3, 0.4) is 0 Å². The molecule has 1 fully saturated rings. The Morgan fingerprint density at radius 2 is 1.82 bits per heavy atom. The van der Waals surface area contributed by atoms with E-state index in [4.69, 9.17) is 9.47 Å². The van der Waals surface area contributed by atoms with E-state index >= 15 is 0 Å². The van der Waals surface area contributed by atoms with Gasteiger partial charge >= 0.3 is 0 Å². The first-order chi connectivity index (χ1) is 10.7. The first kappa shape index (κ1) is 13.9. The van der Waals surface area contributed by atoms with Gasteiger partial charge in [0, 0.05) is 12.5 Å². The summed E-state index contributed by atoms with van der Waals surface area (Å²) >= 11 is 0. The smallest absolute Gasteiger partial charge is 0.226 e. The van der Waals surface area contributed by atoms with Crippen LogP contribution in [0.25, 0.3) is 0 Å². The monoisotopic (exact) mass is 301 g/mol.